The highest BCUT2D eigenvalue weighted by molar-refractivity contribution is 6.18. The van der Waals surface area contributed by atoms with Crippen molar-refractivity contribution in [2.75, 3.05) is 5.88 Å². The van der Waals surface area contributed by atoms with E-state index >= 15 is 0 Å². The van der Waals surface area contributed by atoms with Gasteiger partial charge >= 0.3 is 0 Å². The summed E-state index contributed by atoms with van der Waals surface area (Å²) in [6, 6.07) is 6.59. The summed E-state index contributed by atoms with van der Waals surface area (Å²) < 4.78 is 14.7. The summed E-state index contributed by atoms with van der Waals surface area (Å²) >= 11 is 6.00. The van der Waals surface area contributed by atoms with Crippen LogP contribution >= 0.6 is 11.6 Å². The molecule has 0 saturated heterocycles. The Morgan fingerprint density at radius 1 is 1.33 bits per heavy atom. The van der Waals surface area contributed by atoms with Crippen LogP contribution in [-0.4, -0.2) is 15.7 Å². The molecule has 0 N–H and O–H groups in total. The fourth-order valence-corrected chi connectivity index (χ4v) is 2.34. The number of halogens is 2. The fraction of sp³-hybridized carbons (Fsp3) is 0.357. The van der Waals surface area contributed by atoms with E-state index in [0.717, 1.165) is 18.4 Å². The van der Waals surface area contributed by atoms with Crippen molar-refractivity contribution in [2.45, 2.75) is 18.8 Å². The van der Waals surface area contributed by atoms with Gasteiger partial charge in [0.2, 0.25) is 0 Å². The minimum Gasteiger partial charge on any atom is -0.276 e. The number of rotatable bonds is 5. The quantitative estimate of drug-likeness (QED) is 0.757. The van der Waals surface area contributed by atoms with Gasteiger partial charge in [-0.25, -0.2) is 4.39 Å². The van der Waals surface area contributed by atoms with Gasteiger partial charge in [0.15, 0.2) is 0 Å². The summed E-state index contributed by atoms with van der Waals surface area (Å²) in [5, 5.41) is 4.14. The van der Waals surface area contributed by atoms with Crippen LogP contribution in [0.4, 0.5) is 4.39 Å². The van der Waals surface area contributed by atoms with Crippen LogP contribution in [0.5, 0.6) is 0 Å². The molecule has 2 aromatic rings. The van der Waals surface area contributed by atoms with Gasteiger partial charge < -0.3 is 0 Å². The van der Waals surface area contributed by atoms with Crippen LogP contribution in [0.15, 0.2) is 36.7 Å². The van der Waals surface area contributed by atoms with Crippen molar-refractivity contribution in [3.63, 3.8) is 0 Å². The summed E-state index contributed by atoms with van der Waals surface area (Å²) in [5.41, 5.74) is 2.30. The lowest BCUT2D eigenvalue weighted by molar-refractivity contribution is 0.623. The molecule has 4 heteroatoms. The molecule has 1 heterocycles. The maximum atomic E-state index is 12.9. The number of alkyl halides is 1. The van der Waals surface area contributed by atoms with Crippen molar-refractivity contribution in [1.29, 1.82) is 0 Å². The first kappa shape index (κ1) is 13.1. The highest BCUT2D eigenvalue weighted by Crippen LogP contribution is 2.23. The molecule has 0 aliphatic carbocycles. The predicted molar refractivity (Wildman–Crippen MR) is 71.4 cm³/mol. The Hall–Kier alpha value is -1.35. The summed E-state index contributed by atoms with van der Waals surface area (Å²) in [6.07, 6.45) is 5.76. The highest BCUT2D eigenvalue weighted by atomic mass is 35.5. The van der Waals surface area contributed by atoms with E-state index in [9.17, 15) is 4.39 Å². The average Bonchev–Trinajstić information content (AvgIpc) is 2.78. The lowest BCUT2D eigenvalue weighted by atomic mass is 9.95. The molecule has 2 rings (SSSR count). The molecular weight excluding hydrogens is 251 g/mol. The first-order valence-corrected chi connectivity index (χ1v) is 6.51. The van der Waals surface area contributed by atoms with E-state index in [1.54, 1.807) is 4.68 Å². The number of aromatic nitrogens is 2. The summed E-state index contributed by atoms with van der Waals surface area (Å²) in [6.45, 7) is 0. The molecule has 1 unspecified atom stereocenters. The van der Waals surface area contributed by atoms with E-state index in [1.165, 1.54) is 17.7 Å². The Bertz CT molecular complexity index is 493. The molecule has 96 valence electrons. The number of hydrogen-bond acceptors (Lipinski definition) is 1. The van der Waals surface area contributed by atoms with Crippen molar-refractivity contribution in [1.82, 2.24) is 9.78 Å². The van der Waals surface area contributed by atoms with Crippen LogP contribution in [-0.2, 0) is 13.5 Å². The summed E-state index contributed by atoms with van der Waals surface area (Å²) in [5.74, 6) is 0.595. The first-order chi connectivity index (χ1) is 8.69. The first-order valence-electron chi connectivity index (χ1n) is 5.98. The molecule has 0 aliphatic rings. The zero-order valence-electron chi connectivity index (χ0n) is 10.3. The third-order valence-electron chi connectivity index (χ3n) is 3.07. The molecule has 2 nitrogen and oxygen atoms in total. The second-order valence-electron chi connectivity index (χ2n) is 4.46. The molecule has 0 spiro atoms. The van der Waals surface area contributed by atoms with E-state index in [1.807, 2.05) is 31.6 Å². The van der Waals surface area contributed by atoms with Crippen molar-refractivity contribution < 1.29 is 4.39 Å². The lowest BCUT2D eigenvalue weighted by Gasteiger charge is -2.13. The standard InChI is InChI=1S/C14H16ClFN2/c1-18-10-11(9-17-18)2-3-13(8-15)12-4-6-14(16)7-5-12/h4-7,9-10,13H,2-3,8H2,1H3. The molecule has 0 amide bonds. The van der Waals surface area contributed by atoms with E-state index in [0.29, 0.717) is 5.88 Å². The topological polar surface area (TPSA) is 17.8 Å². The number of hydrogen-bond donors (Lipinski definition) is 0. The van der Waals surface area contributed by atoms with Crippen molar-refractivity contribution >= 4 is 11.6 Å². The van der Waals surface area contributed by atoms with Crippen molar-refractivity contribution in [3.8, 4) is 0 Å². The summed E-state index contributed by atoms with van der Waals surface area (Å²) in [4.78, 5) is 0. The Labute approximate surface area is 111 Å². The van der Waals surface area contributed by atoms with Gasteiger partial charge in [-0.05, 0) is 42.0 Å². The normalized spacial score (nSPS) is 12.6. The molecule has 0 fully saturated rings. The van der Waals surface area contributed by atoms with E-state index in [2.05, 4.69) is 5.10 Å². The van der Waals surface area contributed by atoms with Crippen LogP contribution in [0, 0.1) is 5.82 Å². The largest absolute Gasteiger partial charge is 0.276 e. The van der Waals surface area contributed by atoms with E-state index in [4.69, 9.17) is 11.6 Å². The molecule has 18 heavy (non-hydrogen) atoms. The molecule has 1 aromatic heterocycles. The molecule has 0 aliphatic heterocycles. The predicted octanol–water partition coefficient (Wildman–Crippen LogP) is 3.51. The molecule has 0 saturated carbocycles. The Balaban J connectivity index is 1.99. The van der Waals surface area contributed by atoms with Gasteiger partial charge in [0, 0.05) is 19.1 Å². The second kappa shape index (κ2) is 6.01. The SMILES string of the molecule is Cn1cc(CCC(CCl)c2ccc(F)cc2)cn1. The van der Waals surface area contributed by atoms with Gasteiger partial charge in [0.25, 0.3) is 0 Å². The Morgan fingerprint density at radius 3 is 2.61 bits per heavy atom. The zero-order chi connectivity index (χ0) is 13.0. The number of nitrogens with zero attached hydrogens (tertiary/aromatic N) is 2. The molecule has 1 aromatic carbocycles. The molecule has 0 bridgehead atoms. The Kier molecular flexibility index (Phi) is 4.37. The van der Waals surface area contributed by atoms with Crippen LogP contribution in [0.3, 0.4) is 0 Å². The second-order valence-corrected chi connectivity index (χ2v) is 4.77. The van der Waals surface area contributed by atoms with E-state index in [-0.39, 0.29) is 11.7 Å². The van der Waals surface area contributed by atoms with Crippen LogP contribution < -0.4 is 0 Å². The van der Waals surface area contributed by atoms with Gasteiger partial charge in [0.05, 0.1) is 6.20 Å². The zero-order valence-corrected chi connectivity index (χ0v) is 11.1. The van der Waals surface area contributed by atoms with Gasteiger partial charge in [-0.1, -0.05) is 12.1 Å². The van der Waals surface area contributed by atoms with Crippen molar-refractivity contribution in [2.24, 2.45) is 7.05 Å². The maximum absolute atomic E-state index is 12.9. The third kappa shape index (κ3) is 3.33. The number of benzene rings is 1. The maximum Gasteiger partial charge on any atom is 0.123 e. The minimum atomic E-state index is -0.209. The summed E-state index contributed by atoms with van der Waals surface area (Å²) in [7, 11) is 1.91. The third-order valence-corrected chi connectivity index (χ3v) is 3.44. The molecular formula is C14H16ClFN2. The van der Waals surface area contributed by atoms with Gasteiger partial charge in [-0.15, -0.1) is 11.6 Å². The van der Waals surface area contributed by atoms with Crippen LogP contribution in [0.2, 0.25) is 0 Å². The smallest absolute Gasteiger partial charge is 0.123 e. The monoisotopic (exact) mass is 266 g/mol. The average molecular weight is 267 g/mol. The van der Waals surface area contributed by atoms with Gasteiger partial charge in [-0.2, -0.15) is 5.10 Å². The Morgan fingerprint density at radius 2 is 2.06 bits per heavy atom. The molecule has 1 atom stereocenters. The van der Waals surface area contributed by atoms with Crippen LogP contribution in [0.25, 0.3) is 0 Å². The van der Waals surface area contributed by atoms with Crippen LogP contribution in [0.1, 0.15) is 23.5 Å². The van der Waals surface area contributed by atoms with Crippen molar-refractivity contribution in [3.05, 3.63) is 53.6 Å². The highest BCUT2D eigenvalue weighted by Gasteiger charge is 2.11. The number of aryl methyl sites for hydroxylation is 2. The van der Waals surface area contributed by atoms with Gasteiger partial charge in [-0.3, -0.25) is 4.68 Å². The molecule has 0 radical (unpaired) electrons. The minimum absolute atomic E-state index is 0.209. The fourth-order valence-electron chi connectivity index (χ4n) is 2.01. The van der Waals surface area contributed by atoms with Gasteiger partial charge in [0.1, 0.15) is 5.82 Å². The van der Waals surface area contributed by atoms with E-state index < -0.39 is 0 Å². The lowest BCUT2D eigenvalue weighted by Crippen LogP contribution is -2.02.